The molecule has 2 bridgehead atoms. The number of nitrogens with zero attached hydrogens (tertiary/aromatic N) is 4. The van der Waals surface area contributed by atoms with Crippen LogP contribution in [0.25, 0.3) is 22.2 Å². The van der Waals surface area contributed by atoms with Gasteiger partial charge in [0.2, 0.25) is 0 Å². The molecule has 1 amide bonds. The highest BCUT2D eigenvalue weighted by Crippen LogP contribution is 2.45. The van der Waals surface area contributed by atoms with E-state index in [9.17, 15) is 22.8 Å². The predicted octanol–water partition coefficient (Wildman–Crippen LogP) is 4.94. The number of fused-ring (bicyclic) bond motifs is 5. The van der Waals surface area contributed by atoms with E-state index < -0.39 is 18.3 Å². The van der Waals surface area contributed by atoms with E-state index in [1.807, 2.05) is 4.90 Å². The Hall–Kier alpha value is -3.88. The van der Waals surface area contributed by atoms with E-state index >= 15 is 0 Å². The molecule has 190 valence electrons. The largest absolute Gasteiger partial charge is 0.345 e. The Kier molecular flexibility index (Phi) is 5.66. The Labute approximate surface area is 210 Å². The molecule has 2 unspecified atom stereocenters. The molecular weight excluding hydrogens is 481 g/mol. The Morgan fingerprint density at radius 3 is 2.62 bits per heavy atom. The number of hydrogen-bond acceptors (Lipinski definition) is 3. The molecule has 6 rings (SSSR count). The van der Waals surface area contributed by atoms with Crippen molar-refractivity contribution in [1.82, 2.24) is 19.2 Å². The number of aryl methyl sites for hydroxylation is 2. The number of benzene rings is 2. The normalized spacial score (nSPS) is 18.8. The molecule has 37 heavy (non-hydrogen) atoms. The fourth-order valence-electron chi connectivity index (χ4n) is 6.08. The van der Waals surface area contributed by atoms with Crippen LogP contribution >= 0.6 is 0 Å². The lowest BCUT2D eigenvalue weighted by Gasteiger charge is -2.45. The molecule has 0 aliphatic carbocycles. The number of alkyl halides is 1. The molecule has 0 saturated carbocycles. The molecule has 9 heteroatoms. The summed E-state index contributed by atoms with van der Waals surface area (Å²) in [7, 11) is 1.75. The summed E-state index contributed by atoms with van der Waals surface area (Å²) in [5.41, 5.74) is 3.50. The lowest BCUT2D eigenvalue weighted by Crippen LogP contribution is -2.49. The molecule has 0 spiro atoms. The minimum atomic E-state index is -0.653. The monoisotopic (exact) mass is 506 g/mol. The van der Waals surface area contributed by atoms with Crippen LogP contribution in [-0.2, 0) is 20.0 Å². The number of pyridine rings is 1. The smallest absolute Gasteiger partial charge is 0.254 e. The third-order valence-corrected chi connectivity index (χ3v) is 7.60. The Balaban J connectivity index is 1.41. The average molecular weight is 507 g/mol. The summed E-state index contributed by atoms with van der Waals surface area (Å²) >= 11 is 0. The molecule has 2 aliphatic rings. The Morgan fingerprint density at radius 2 is 1.86 bits per heavy atom. The van der Waals surface area contributed by atoms with Gasteiger partial charge in [-0.05, 0) is 56.0 Å². The number of carbonyl (C=O) groups is 1. The van der Waals surface area contributed by atoms with Crippen LogP contribution in [0.4, 0.5) is 13.2 Å². The van der Waals surface area contributed by atoms with Crippen molar-refractivity contribution in [2.45, 2.75) is 44.3 Å². The van der Waals surface area contributed by atoms with Crippen LogP contribution in [0.1, 0.15) is 46.9 Å². The van der Waals surface area contributed by atoms with Gasteiger partial charge in [0.15, 0.2) is 5.43 Å². The van der Waals surface area contributed by atoms with Crippen LogP contribution in [0, 0.1) is 11.6 Å². The maximum Gasteiger partial charge on any atom is 0.254 e. The van der Waals surface area contributed by atoms with Crippen LogP contribution in [0.5, 0.6) is 0 Å². The van der Waals surface area contributed by atoms with Crippen molar-refractivity contribution < 1.29 is 18.0 Å². The second-order valence-electron chi connectivity index (χ2n) is 9.81. The number of carbonyl (C=O) groups excluding carboxylic acids is 1. The van der Waals surface area contributed by atoms with Crippen molar-refractivity contribution in [1.29, 1.82) is 0 Å². The number of amides is 1. The number of hydrogen-bond donors (Lipinski definition) is 0. The predicted molar refractivity (Wildman–Crippen MR) is 133 cm³/mol. The Bertz CT molecular complexity index is 1590. The van der Waals surface area contributed by atoms with Crippen molar-refractivity contribution in [3.8, 4) is 11.3 Å². The molecular formula is C28H25F3N4O2. The second kappa shape index (κ2) is 8.90. The van der Waals surface area contributed by atoms with E-state index in [2.05, 4.69) is 0 Å². The van der Waals surface area contributed by atoms with Crippen molar-refractivity contribution in [3.05, 3.63) is 87.3 Å². The first kappa shape index (κ1) is 23.5. The number of rotatable bonds is 4. The molecule has 1 saturated heterocycles. The molecule has 4 aromatic rings. The standard InChI is InChI=1S/C28H25F3N4O2/c1-33-27(17-11-18(30)14-19(31)12-17)22-15-20-3-2-4-24(26(22)32-33)35(20)28(37)16-5-6-23-21(13-16)25(36)7-9-34(23)10-8-29/h5-7,9,11-14,20,24H,2-4,8,10,15H2,1H3. The summed E-state index contributed by atoms with van der Waals surface area (Å²) in [6.07, 6.45) is 4.54. The quantitative estimate of drug-likeness (QED) is 0.394. The summed E-state index contributed by atoms with van der Waals surface area (Å²) in [5.74, 6) is -1.49. The number of aromatic nitrogens is 3. The second-order valence-corrected chi connectivity index (χ2v) is 9.81. The number of halogens is 3. The van der Waals surface area contributed by atoms with E-state index in [1.165, 1.54) is 18.2 Å². The molecule has 2 aliphatic heterocycles. The molecule has 1 fully saturated rings. The van der Waals surface area contributed by atoms with Gasteiger partial charge in [-0.1, -0.05) is 0 Å². The number of piperidine rings is 1. The van der Waals surface area contributed by atoms with Crippen molar-refractivity contribution in [2.24, 2.45) is 7.05 Å². The van der Waals surface area contributed by atoms with Gasteiger partial charge in [0, 0.05) is 53.5 Å². The zero-order valence-electron chi connectivity index (χ0n) is 20.3. The molecule has 0 radical (unpaired) electrons. The first-order valence-electron chi connectivity index (χ1n) is 12.4. The van der Waals surface area contributed by atoms with Gasteiger partial charge in [0.25, 0.3) is 5.91 Å². The summed E-state index contributed by atoms with van der Waals surface area (Å²) in [5, 5.41) is 5.09. The highest BCUT2D eigenvalue weighted by Gasteiger charge is 2.43. The highest BCUT2D eigenvalue weighted by molar-refractivity contribution is 5.98. The van der Waals surface area contributed by atoms with Gasteiger partial charge in [-0.15, -0.1) is 0 Å². The molecule has 4 heterocycles. The van der Waals surface area contributed by atoms with Crippen molar-refractivity contribution >= 4 is 16.8 Å². The zero-order chi connectivity index (χ0) is 25.8. The van der Waals surface area contributed by atoms with Gasteiger partial charge in [0.05, 0.1) is 29.5 Å². The maximum atomic E-state index is 14.0. The lowest BCUT2D eigenvalue weighted by atomic mass is 9.81. The van der Waals surface area contributed by atoms with Gasteiger partial charge in [-0.2, -0.15) is 5.10 Å². The van der Waals surface area contributed by atoms with E-state index in [4.69, 9.17) is 5.10 Å². The van der Waals surface area contributed by atoms with Gasteiger partial charge >= 0.3 is 0 Å². The van der Waals surface area contributed by atoms with Gasteiger partial charge in [0.1, 0.15) is 18.3 Å². The topological polar surface area (TPSA) is 60.1 Å². The van der Waals surface area contributed by atoms with E-state index in [0.29, 0.717) is 34.1 Å². The van der Waals surface area contributed by atoms with Crippen LogP contribution in [0.2, 0.25) is 0 Å². The van der Waals surface area contributed by atoms with Crippen LogP contribution in [0.15, 0.2) is 53.5 Å². The van der Waals surface area contributed by atoms with Crippen LogP contribution in [0.3, 0.4) is 0 Å². The van der Waals surface area contributed by atoms with Crippen molar-refractivity contribution in [3.63, 3.8) is 0 Å². The summed E-state index contributed by atoms with van der Waals surface area (Å²) in [4.78, 5) is 28.3. The fraction of sp³-hybridized carbons (Fsp3) is 0.321. The lowest BCUT2D eigenvalue weighted by molar-refractivity contribution is 0.0392. The fourth-order valence-corrected chi connectivity index (χ4v) is 6.08. The molecule has 2 aromatic carbocycles. The minimum Gasteiger partial charge on any atom is -0.345 e. The third kappa shape index (κ3) is 3.84. The van der Waals surface area contributed by atoms with E-state index in [1.54, 1.807) is 40.7 Å². The van der Waals surface area contributed by atoms with Crippen LogP contribution in [-0.4, -0.2) is 37.9 Å². The SMILES string of the molecule is Cn1nc2c(c1-c1cc(F)cc(F)c1)CC1CCCC2N1C(=O)c1ccc2c(c1)c(=O)ccn2CCF. The zero-order valence-corrected chi connectivity index (χ0v) is 20.3. The average Bonchev–Trinajstić information content (AvgIpc) is 3.20. The van der Waals surface area contributed by atoms with Gasteiger partial charge in [-0.25, -0.2) is 13.2 Å². The van der Waals surface area contributed by atoms with Crippen LogP contribution < -0.4 is 5.43 Å². The Morgan fingerprint density at radius 1 is 1.08 bits per heavy atom. The molecule has 6 nitrogen and oxygen atoms in total. The van der Waals surface area contributed by atoms with E-state index in [0.717, 1.165) is 36.6 Å². The van der Waals surface area contributed by atoms with Gasteiger partial charge in [-0.3, -0.25) is 14.3 Å². The molecule has 2 aromatic heterocycles. The highest BCUT2D eigenvalue weighted by atomic mass is 19.1. The summed E-state index contributed by atoms with van der Waals surface area (Å²) < 4.78 is 44.3. The molecule has 0 N–H and O–H groups in total. The minimum absolute atomic E-state index is 0.102. The summed E-state index contributed by atoms with van der Waals surface area (Å²) in [6.45, 7) is -0.438. The first-order chi connectivity index (χ1) is 17.9. The third-order valence-electron chi connectivity index (χ3n) is 7.60. The first-order valence-corrected chi connectivity index (χ1v) is 12.4. The summed E-state index contributed by atoms with van der Waals surface area (Å²) in [6, 6.07) is 9.44. The maximum absolute atomic E-state index is 14.0. The van der Waals surface area contributed by atoms with Crippen molar-refractivity contribution in [2.75, 3.05) is 6.67 Å². The molecule has 2 atom stereocenters. The van der Waals surface area contributed by atoms with Gasteiger partial charge < -0.3 is 9.47 Å². The van der Waals surface area contributed by atoms with E-state index in [-0.39, 0.29) is 30.0 Å².